The molecule has 0 saturated heterocycles. The van der Waals surface area contributed by atoms with Crippen LogP contribution in [0.2, 0.25) is 0 Å². The van der Waals surface area contributed by atoms with Gasteiger partial charge >= 0.3 is 0 Å². The van der Waals surface area contributed by atoms with E-state index in [9.17, 15) is 4.79 Å². The largest absolute Gasteiger partial charge is 0.487 e. The molecular weight excluding hydrogens is 200 g/mol. The van der Waals surface area contributed by atoms with Crippen molar-refractivity contribution in [1.82, 2.24) is 0 Å². The van der Waals surface area contributed by atoms with Crippen molar-refractivity contribution in [3.63, 3.8) is 0 Å². The van der Waals surface area contributed by atoms with Crippen molar-refractivity contribution in [3.8, 4) is 5.75 Å². The quantitative estimate of drug-likeness (QED) is 0.729. The normalized spacial score (nSPS) is 18.7. The molecule has 0 bridgehead atoms. The monoisotopic (exact) mass is 218 g/mol. The standard InChI is InChI=1S/C14H18O2/c1-10(6-7-15)11-4-5-12-9-14(2,3)16-13(12)8-11/h4-5,7-8,10H,6,9H2,1-3H3. The third kappa shape index (κ3) is 2.11. The SMILES string of the molecule is CC(CC=O)c1ccc2c(c1)OC(C)(C)C2. The fraction of sp³-hybridized carbons (Fsp3) is 0.500. The average Bonchev–Trinajstić information content (AvgIpc) is 2.50. The van der Waals surface area contributed by atoms with E-state index in [0.29, 0.717) is 6.42 Å². The molecule has 1 heterocycles. The molecule has 2 rings (SSSR count). The maximum Gasteiger partial charge on any atom is 0.123 e. The number of hydrogen-bond donors (Lipinski definition) is 0. The Morgan fingerprint density at radius 3 is 2.94 bits per heavy atom. The van der Waals surface area contributed by atoms with Crippen LogP contribution in [0.3, 0.4) is 0 Å². The first-order chi connectivity index (χ1) is 7.52. The summed E-state index contributed by atoms with van der Waals surface area (Å²) in [6, 6.07) is 6.32. The number of ether oxygens (including phenoxy) is 1. The Morgan fingerprint density at radius 2 is 2.25 bits per heavy atom. The summed E-state index contributed by atoms with van der Waals surface area (Å²) in [6.45, 7) is 6.26. The molecule has 0 aliphatic carbocycles. The van der Waals surface area contributed by atoms with Crippen LogP contribution < -0.4 is 4.74 Å². The summed E-state index contributed by atoms with van der Waals surface area (Å²) in [5.74, 6) is 1.26. The minimum Gasteiger partial charge on any atom is -0.487 e. The first-order valence-electron chi connectivity index (χ1n) is 5.77. The van der Waals surface area contributed by atoms with Crippen LogP contribution in [0.15, 0.2) is 18.2 Å². The van der Waals surface area contributed by atoms with Gasteiger partial charge in [-0.05, 0) is 37.0 Å². The van der Waals surface area contributed by atoms with Gasteiger partial charge in [0.05, 0.1) is 0 Å². The Kier molecular flexibility index (Phi) is 2.75. The predicted octanol–water partition coefficient (Wildman–Crippen LogP) is 3.09. The van der Waals surface area contributed by atoms with Crippen LogP contribution in [0.1, 0.15) is 44.2 Å². The summed E-state index contributed by atoms with van der Waals surface area (Å²) in [5, 5.41) is 0. The molecule has 1 aliphatic heterocycles. The lowest BCUT2D eigenvalue weighted by Gasteiger charge is -2.17. The number of aldehydes is 1. The Bertz CT molecular complexity index is 407. The molecule has 0 radical (unpaired) electrons. The second kappa shape index (κ2) is 3.93. The fourth-order valence-corrected chi connectivity index (χ4v) is 2.19. The van der Waals surface area contributed by atoms with Gasteiger partial charge in [0.2, 0.25) is 0 Å². The molecule has 0 saturated carbocycles. The molecule has 0 aromatic heterocycles. The molecule has 2 nitrogen and oxygen atoms in total. The lowest BCUT2D eigenvalue weighted by atomic mass is 9.95. The highest BCUT2D eigenvalue weighted by Gasteiger charge is 2.30. The van der Waals surface area contributed by atoms with E-state index in [1.54, 1.807) is 0 Å². The summed E-state index contributed by atoms with van der Waals surface area (Å²) < 4.78 is 5.87. The van der Waals surface area contributed by atoms with E-state index in [1.807, 2.05) is 0 Å². The molecule has 0 fully saturated rings. The zero-order valence-corrected chi connectivity index (χ0v) is 10.1. The van der Waals surface area contributed by atoms with Gasteiger partial charge in [0, 0.05) is 12.8 Å². The summed E-state index contributed by atoms with van der Waals surface area (Å²) in [7, 11) is 0. The maximum absolute atomic E-state index is 10.5. The third-order valence-corrected chi connectivity index (χ3v) is 3.11. The van der Waals surface area contributed by atoms with Crippen LogP contribution in [0.25, 0.3) is 0 Å². The average molecular weight is 218 g/mol. The van der Waals surface area contributed by atoms with Gasteiger partial charge in [0.25, 0.3) is 0 Å². The van der Waals surface area contributed by atoms with Crippen molar-refractivity contribution < 1.29 is 9.53 Å². The second-order valence-electron chi connectivity index (χ2n) is 5.21. The van der Waals surface area contributed by atoms with Crippen molar-refractivity contribution in [1.29, 1.82) is 0 Å². The number of fused-ring (bicyclic) bond motifs is 1. The lowest BCUT2D eigenvalue weighted by molar-refractivity contribution is -0.108. The van der Waals surface area contributed by atoms with Crippen LogP contribution in [0, 0.1) is 0 Å². The highest BCUT2D eigenvalue weighted by atomic mass is 16.5. The van der Waals surface area contributed by atoms with Gasteiger partial charge < -0.3 is 9.53 Å². The minimum absolute atomic E-state index is 0.0884. The van der Waals surface area contributed by atoms with Gasteiger partial charge in [-0.2, -0.15) is 0 Å². The molecule has 16 heavy (non-hydrogen) atoms. The Labute approximate surface area is 96.6 Å². The van der Waals surface area contributed by atoms with Crippen LogP contribution in [0.5, 0.6) is 5.75 Å². The topological polar surface area (TPSA) is 26.3 Å². The predicted molar refractivity (Wildman–Crippen MR) is 63.9 cm³/mol. The number of rotatable bonds is 3. The van der Waals surface area contributed by atoms with Crippen molar-refractivity contribution in [2.75, 3.05) is 0 Å². The minimum atomic E-state index is -0.0884. The van der Waals surface area contributed by atoms with Gasteiger partial charge in [0.15, 0.2) is 0 Å². The van der Waals surface area contributed by atoms with E-state index in [-0.39, 0.29) is 11.5 Å². The van der Waals surface area contributed by atoms with Crippen LogP contribution in [-0.4, -0.2) is 11.9 Å². The van der Waals surface area contributed by atoms with E-state index in [0.717, 1.165) is 18.5 Å². The van der Waals surface area contributed by atoms with E-state index in [2.05, 4.69) is 39.0 Å². The van der Waals surface area contributed by atoms with Crippen LogP contribution in [-0.2, 0) is 11.2 Å². The Balaban J connectivity index is 2.25. The number of benzene rings is 1. The molecule has 2 heteroatoms. The molecule has 1 unspecified atom stereocenters. The van der Waals surface area contributed by atoms with E-state index in [1.165, 1.54) is 11.1 Å². The van der Waals surface area contributed by atoms with Gasteiger partial charge in [-0.3, -0.25) is 0 Å². The molecule has 1 aromatic carbocycles. The summed E-state index contributed by atoms with van der Waals surface area (Å²) in [6.07, 6.45) is 2.51. The zero-order chi connectivity index (χ0) is 11.8. The fourth-order valence-electron chi connectivity index (χ4n) is 2.19. The number of hydrogen-bond acceptors (Lipinski definition) is 2. The summed E-state index contributed by atoms with van der Waals surface area (Å²) in [5.41, 5.74) is 2.37. The lowest BCUT2D eigenvalue weighted by Crippen LogP contribution is -2.24. The van der Waals surface area contributed by atoms with Crippen molar-refractivity contribution >= 4 is 6.29 Å². The molecule has 0 amide bonds. The second-order valence-corrected chi connectivity index (χ2v) is 5.21. The maximum atomic E-state index is 10.5. The summed E-state index contributed by atoms with van der Waals surface area (Å²) in [4.78, 5) is 10.5. The third-order valence-electron chi connectivity index (χ3n) is 3.11. The first-order valence-corrected chi connectivity index (χ1v) is 5.77. The van der Waals surface area contributed by atoms with Crippen LogP contribution in [0.4, 0.5) is 0 Å². The number of carbonyl (C=O) groups excluding carboxylic acids is 1. The van der Waals surface area contributed by atoms with Crippen molar-refractivity contribution in [3.05, 3.63) is 29.3 Å². The molecule has 1 aliphatic rings. The molecule has 0 N–H and O–H groups in total. The van der Waals surface area contributed by atoms with Crippen molar-refractivity contribution in [2.45, 2.75) is 45.1 Å². The smallest absolute Gasteiger partial charge is 0.123 e. The highest BCUT2D eigenvalue weighted by Crippen LogP contribution is 2.36. The van der Waals surface area contributed by atoms with Crippen LogP contribution >= 0.6 is 0 Å². The van der Waals surface area contributed by atoms with E-state index in [4.69, 9.17) is 4.74 Å². The zero-order valence-electron chi connectivity index (χ0n) is 10.1. The highest BCUT2D eigenvalue weighted by molar-refractivity contribution is 5.52. The molecule has 1 atom stereocenters. The Hall–Kier alpha value is -1.31. The van der Waals surface area contributed by atoms with E-state index < -0.39 is 0 Å². The van der Waals surface area contributed by atoms with Gasteiger partial charge in [-0.15, -0.1) is 0 Å². The van der Waals surface area contributed by atoms with Gasteiger partial charge in [-0.25, -0.2) is 0 Å². The first kappa shape index (κ1) is 11.2. The van der Waals surface area contributed by atoms with Crippen molar-refractivity contribution in [2.24, 2.45) is 0 Å². The van der Waals surface area contributed by atoms with Gasteiger partial charge in [-0.1, -0.05) is 19.1 Å². The molecule has 0 spiro atoms. The molecule has 86 valence electrons. The molecule has 1 aromatic rings. The summed E-state index contributed by atoms with van der Waals surface area (Å²) >= 11 is 0. The van der Waals surface area contributed by atoms with E-state index >= 15 is 0 Å². The van der Waals surface area contributed by atoms with Gasteiger partial charge in [0.1, 0.15) is 17.6 Å². The number of carbonyl (C=O) groups is 1. The molecular formula is C14H18O2. The Morgan fingerprint density at radius 1 is 1.50 bits per heavy atom.